The number of oxime groups is 1. The second-order valence-electron chi connectivity index (χ2n) is 5.39. The van der Waals surface area contributed by atoms with Crippen LogP contribution in [0.25, 0.3) is 0 Å². The molecule has 1 aliphatic rings. The average Bonchev–Trinajstić information content (AvgIpc) is 2.71. The molecule has 0 aromatic carbocycles. The number of nitrogens with one attached hydrogen (secondary N) is 1. The largest absolute Gasteiger partial charge is 0.362 e. The normalized spacial score (nSPS) is 16.8. The van der Waals surface area contributed by atoms with Gasteiger partial charge in [0.1, 0.15) is 0 Å². The van der Waals surface area contributed by atoms with Crippen LogP contribution in [-0.4, -0.2) is 16.7 Å². The van der Waals surface area contributed by atoms with Crippen LogP contribution in [0.15, 0.2) is 5.16 Å². The lowest BCUT2D eigenvalue weighted by Gasteiger charge is -2.15. The summed E-state index contributed by atoms with van der Waals surface area (Å²) in [5, 5.41) is 4.11. The highest BCUT2D eigenvalue weighted by Crippen LogP contribution is 2.27. The van der Waals surface area contributed by atoms with E-state index >= 15 is 0 Å². The molecule has 104 valence electrons. The summed E-state index contributed by atoms with van der Waals surface area (Å²) in [5.74, 6) is -0.420. The summed E-state index contributed by atoms with van der Waals surface area (Å²) < 4.78 is 0. The smallest absolute Gasteiger partial charge is 0.337 e. The molecule has 1 heterocycles. The minimum Gasteiger partial charge on any atom is -0.362 e. The molecule has 1 aromatic heterocycles. The van der Waals surface area contributed by atoms with Gasteiger partial charge in [-0.15, -0.1) is 0 Å². The van der Waals surface area contributed by atoms with Crippen molar-refractivity contribution < 1.29 is 9.63 Å². The van der Waals surface area contributed by atoms with Crippen molar-refractivity contribution in [1.29, 1.82) is 0 Å². The van der Waals surface area contributed by atoms with Gasteiger partial charge in [0.25, 0.3) is 0 Å². The number of rotatable bonds is 3. The predicted octanol–water partition coefficient (Wildman–Crippen LogP) is 3.13. The van der Waals surface area contributed by atoms with Crippen molar-refractivity contribution in [2.75, 3.05) is 0 Å². The Morgan fingerprint density at radius 1 is 1.42 bits per heavy atom. The number of carbonyl (C=O) groups is 1. The molecule has 0 saturated heterocycles. The highest BCUT2D eigenvalue weighted by molar-refractivity contribution is 6.04. The van der Waals surface area contributed by atoms with E-state index in [9.17, 15) is 4.79 Å². The average molecular weight is 262 g/mol. The number of fused-ring (bicyclic) bond motifs is 1. The molecular weight excluding hydrogens is 240 g/mol. The molecule has 0 saturated carbocycles. The summed E-state index contributed by atoms with van der Waals surface area (Å²) in [5.41, 5.74) is 5.84. The fourth-order valence-electron chi connectivity index (χ4n) is 2.57. The van der Waals surface area contributed by atoms with Crippen molar-refractivity contribution in [2.24, 2.45) is 11.1 Å². The molecule has 0 atom stereocenters. The molecular formula is C15H22N2O2. The summed E-state index contributed by atoms with van der Waals surface area (Å²) in [4.78, 5) is 20.0. The van der Waals surface area contributed by atoms with Gasteiger partial charge in [-0.1, -0.05) is 25.9 Å². The van der Waals surface area contributed by atoms with E-state index in [0.717, 1.165) is 31.4 Å². The van der Waals surface area contributed by atoms with Gasteiger partial charge in [0.2, 0.25) is 0 Å². The van der Waals surface area contributed by atoms with Gasteiger partial charge in [0, 0.05) is 17.0 Å². The molecule has 4 nitrogen and oxygen atoms in total. The predicted molar refractivity (Wildman–Crippen MR) is 75.3 cm³/mol. The number of hydrogen-bond acceptors (Lipinski definition) is 3. The van der Waals surface area contributed by atoms with E-state index < -0.39 is 0 Å². The number of H-pyrrole nitrogens is 1. The zero-order valence-electron chi connectivity index (χ0n) is 12.2. The first-order valence-electron chi connectivity index (χ1n) is 7.03. The second kappa shape index (κ2) is 5.59. The maximum atomic E-state index is 11.5. The van der Waals surface area contributed by atoms with Crippen LogP contribution in [0.5, 0.6) is 0 Å². The Morgan fingerprint density at radius 2 is 2.16 bits per heavy atom. The van der Waals surface area contributed by atoms with E-state index in [2.05, 4.69) is 24.0 Å². The Kier molecular flexibility index (Phi) is 4.08. The van der Waals surface area contributed by atoms with Crippen LogP contribution < -0.4 is 0 Å². The first kappa shape index (κ1) is 13.8. The van der Waals surface area contributed by atoms with E-state index in [1.807, 2.05) is 13.8 Å². The molecule has 1 N–H and O–H groups in total. The molecule has 1 aliphatic carbocycles. The van der Waals surface area contributed by atoms with Crippen molar-refractivity contribution >= 4 is 11.7 Å². The van der Waals surface area contributed by atoms with E-state index in [0.29, 0.717) is 0 Å². The number of aromatic nitrogens is 1. The number of hydrogen-bond donors (Lipinski definition) is 1. The zero-order chi connectivity index (χ0) is 14.0. The number of aromatic amines is 1. The summed E-state index contributed by atoms with van der Waals surface area (Å²) in [6.07, 6.45) is 3.94. The van der Waals surface area contributed by atoms with E-state index in [-0.39, 0.29) is 11.9 Å². The van der Waals surface area contributed by atoms with Gasteiger partial charge in [-0.25, -0.2) is 4.79 Å². The molecule has 19 heavy (non-hydrogen) atoms. The summed E-state index contributed by atoms with van der Waals surface area (Å²) in [7, 11) is 0. The fourth-order valence-corrected chi connectivity index (χ4v) is 2.57. The van der Waals surface area contributed by atoms with Crippen molar-refractivity contribution in [3.63, 3.8) is 0 Å². The lowest BCUT2D eigenvalue weighted by atomic mass is 9.92. The van der Waals surface area contributed by atoms with Crippen molar-refractivity contribution in [2.45, 2.75) is 53.4 Å². The standard InChI is InChI=1S/C15H22N2O2/c1-5-11-10(4)16-12-7-6-8-13(14(11)12)17-19-15(18)9(2)3/h9,16H,5-8H2,1-4H3/b17-13+. The molecule has 4 heteroatoms. The summed E-state index contributed by atoms with van der Waals surface area (Å²) >= 11 is 0. The van der Waals surface area contributed by atoms with Gasteiger partial charge in [-0.2, -0.15) is 0 Å². The van der Waals surface area contributed by atoms with Crippen LogP contribution in [0.3, 0.4) is 0 Å². The van der Waals surface area contributed by atoms with Crippen molar-refractivity contribution in [3.8, 4) is 0 Å². The molecule has 0 fully saturated rings. The Bertz CT molecular complexity index is 512. The van der Waals surface area contributed by atoms with Crippen LogP contribution in [0.2, 0.25) is 0 Å². The zero-order valence-corrected chi connectivity index (χ0v) is 12.2. The first-order chi connectivity index (χ1) is 9.04. The van der Waals surface area contributed by atoms with Crippen LogP contribution in [0.4, 0.5) is 0 Å². The minimum atomic E-state index is -0.273. The van der Waals surface area contributed by atoms with Crippen LogP contribution >= 0.6 is 0 Å². The fraction of sp³-hybridized carbons (Fsp3) is 0.600. The quantitative estimate of drug-likeness (QED) is 0.672. The molecule has 0 bridgehead atoms. The van der Waals surface area contributed by atoms with Crippen LogP contribution in [0, 0.1) is 12.8 Å². The maximum Gasteiger partial charge on any atom is 0.337 e. The number of carbonyl (C=O) groups excluding carboxylic acids is 1. The first-order valence-corrected chi connectivity index (χ1v) is 7.03. The third-order valence-electron chi connectivity index (χ3n) is 3.59. The van der Waals surface area contributed by atoms with E-state index in [1.165, 1.54) is 22.5 Å². The van der Waals surface area contributed by atoms with E-state index in [1.54, 1.807) is 0 Å². The Labute approximate surface area is 114 Å². The van der Waals surface area contributed by atoms with Gasteiger partial charge in [-0.05, 0) is 38.2 Å². The third kappa shape index (κ3) is 2.72. The monoisotopic (exact) mass is 262 g/mol. The SMILES string of the molecule is CCc1c(C)[nH]c2c1/C(=N/OC(=O)C(C)C)CCC2. The van der Waals surface area contributed by atoms with E-state index in [4.69, 9.17) is 4.84 Å². The van der Waals surface area contributed by atoms with Gasteiger partial charge >= 0.3 is 5.97 Å². The molecule has 0 aliphatic heterocycles. The Hall–Kier alpha value is -1.58. The molecule has 0 spiro atoms. The lowest BCUT2D eigenvalue weighted by Crippen LogP contribution is -2.15. The molecule has 0 radical (unpaired) electrons. The molecule has 1 aromatic rings. The lowest BCUT2D eigenvalue weighted by molar-refractivity contribution is -0.147. The van der Waals surface area contributed by atoms with Gasteiger partial charge < -0.3 is 9.82 Å². The highest BCUT2D eigenvalue weighted by Gasteiger charge is 2.23. The van der Waals surface area contributed by atoms with Crippen molar-refractivity contribution in [1.82, 2.24) is 4.98 Å². The number of aryl methyl sites for hydroxylation is 2. The second-order valence-corrected chi connectivity index (χ2v) is 5.39. The molecule has 2 rings (SSSR count). The Morgan fingerprint density at radius 3 is 2.79 bits per heavy atom. The summed E-state index contributed by atoms with van der Waals surface area (Å²) in [6.45, 7) is 7.86. The van der Waals surface area contributed by atoms with Crippen molar-refractivity contribution in [3.05, 3.63) is 22.5 Å². The molecule has 0 amide bonds. The number of nitrogens with zero attached hydrogens (tertiary/aromatic N) is 1. The Balaban J connectivity index is 2.31. The van der Waals surface area contributed by atoms with Gasteiger partial charge in [-0.3, -0.25) is 0 Å². The van der Waals surface area contributed by atoms with Crippen LogP contribution in [-0.2, 0) is 22.5 Å². The van der Waals surface area contributed by atoms with Gasteiger partial charge in [0.15, 0.2) is 0 Å². The van der Waals surface area contributed by atoms with Gasteiger partial charge in [0.05, 0.1) is 11.6 Å². The maximum absolute atomic E-state index is 11.5. The third-order valence-corrected chi connectivity index (χ3v) is 3.59. The summed E-state index contributed by atoms with van der Waals surface area (Å²) in [6, 6.07) is 0. The molecule has 0 unspecified atom stereocenters. The minimum absolute atomic E-state index is 0.147. The van der Waals surface area contributed by atoms with Crippen LogP contribution in [0.1, 0.15) is 56.1 Å². The topological polar surface area (TPSA) is 54.4 Å². The highest BCUT2D eigenvalue weighted by atomic mass is 16.7.